The van der Waals surface area contributed by atoms with E-state index in [9.17, 15) is 24.0 Å². The maximum absolute atomic E-state index is 14.0. The average Bonchev–Trinajstić information content (AvgIpc) is 3.62. The SMILES string of the molecule is CCOc1ccc(C[C@@H]2NC(=O)[C@H](CCCCOC(=O)c3ccccc3)NC(=O)[C@H]3CCCN3C(=O)[C@H](Cc3ccccc3)NC2=O)cc1. The molecule has 4 amide bonds. The van der Waals surface area contributed by atoms with Crippen LogP contribution in [-0.2, 0) is 36.8 Å². The molecule has 0 saturated carbocycles. The van der Waals surface area contributed by atoms with Crippen molar-refractivity contribution < 1.29 is 33.4 Å². The van der Waals surface area contributed by atoms with E-state index in [1.165, 1.54) is 4.90 Å². The van der Waals surface area contributed by atoms with Crippen molar-refractivity contribution in [2.75, 3.05) is 19.8 Å². The number of ether oxygens (including phenoxy) is 2. The lowest BCUT2D eigenvalue weighted by Crippen LogP contribution is -2.62. The van der Waals surface area contributed by atoms with E-state index in [4.69, 9.17) is 9.47 Å². The highest BCUT2D eigenvalue weighted by molar-refractivity contribution is 5.98. The third-order valence-electron chi connectivity index (χ3n) is 8.81. The number of unbranched alkanes of at least 4 members (excludes halogenated alkanes) is 1. The number of carbonyl (C=O) groups is 5. The number of fused-ring (bicyclic) bond motifs is 1. The predicted molar refractivity (Wildman–Crippen MR) is 183 cm³/mol. The fourth-order valence-corrected chi connectivity index (χ4v) is 6.24. The zero-order valence-electron chi connectivity index (χ0n) is 27.8. The molecule has 0 bridgehead atoms. The molecule has 3 aromatic rings. The van der Waals surface area contributed by atoms with Gasteiger partial charge in [-0.2, -0.15) is 0 Å². The van der Waals surface area contributed by atoms with E-state index in [1.54, 1.807) is 36.4 Å². The Morgan fingerprint density at radius 2 is 1.35 bits per heavy atom. The van der Waals surface area contributed by atoms with Crippen molar-refractivity contribution in [3.05, 3.63) is 102 Å². The highest BCUT2D eigenvalue weighted by Crippen LogP contribution is 2.21. The third kappa shape index (κ3) is 9.68. The molecule has 0 radical (unpaired) electrons. The molecule has 0 unspecified atom stereocenters. The van der Waals surface area contributed by atoms with Crippen LogP contribution in [0.5, 0.6) is 5.75 Å². The summed E-state index contributed by atoms with van der Waals surface area (Å²) in [5.74, 6) is -1.49. The third-order valence-corrected chi connectivity index (χ3v) is 8.81. The predicted octanol–water partition coefficient (Wildman–Crippen LogP) is 3.36. The van der Waals surface area contributed by atoms with Crippen molar-refractivity contribution in [1.29, 1.82) is 0 Å². The van der Waals surface area contributed by atoms with E-state index in [2.05, 4.69) is 16.0 Å². The fourth-order valence-electron chi connectivity index (χ4n) is 6.24. The van der Waals surface area contributed by atoms with E-state index >= 15 is 0 Å². The lowest BCUT2D eigenvalue weighted by atomic mass is 10.00. The first-order valence-corrected chi connectivity index (χ1v) is 17.0. The van der Waals surface area contributed by atoms with Crippen LogP contribution in [0.4, 0.5) is 0 Å². The fraction of sp³-hybridized carbons (Fsp3) is 0.395. The molecule has 3 aromatic carbocycles. The summed E-state index contributed by atoms with van der Waals surface area (Å²) in [6.45, 7) is 2.92. The first-order valence-electron chi connectivity index (χ1n) is 17.0. The van der Waals surface area contributed by atoms with Crippen LogP contribution >= 0.6 is 0 Å². The summed E-state index contributed by atoms with van der Waals surface area (Å²) in [7, 11) is 0. The van der Waals surface area contributed by atoms with E-state index in [0.29, 0.717) is 50.1 Å². The molecular weight excluding hydrogens is 624 g/mol. The summed E-state index contributed by atoms with van der Waals surface area (Å²) in [6.07, 6.45) is 2.63. The van der Waals surface area contributed by atoms with Crippen LogP contribution in [0.1, 0.15) is 60.5 Å². The van der Waals surface area contributed by atoms with Gasteiger partial charge < -0.3 is 30.3 Å². The van der Waals surface area contributed by atoms with Crippen LogP contribution in [0.25, 0.3) is 0 Å². The standard InChI is InChI=1S/C38H44N4O7/c1-2-48-29-20-18-27(19-21-29)24-31-35(44)41-32(25-26-12-5-3-6-13-26)37(46)42-22-11-17-33(42)36(45)39-30(34(43)40-31)16-9-10-23-49-38(47)28-14-7-4-8-15-28/h3-8,12-15,18-21,30-33H,2,9-11,16-17,22-25H2,1H3,(H,39,45)(H,40,43)(H,41,44)/t30-,31-,32-,33+/m0/s1. The van der Waals surface area contributed by atoms with E-state index in [1.807, 2.05) is 55.5 Å². The van der Waals surface area contributed by atoms with Crippen molar-refractivity contribution in [3.63, 3.8) is 0 Å². The average molecular weight is 669 g/mol. The molecule has 2 heterocycles. The van der Waals surface area contributed by atoms with Crippen LogP contribution in [0, 0.1) is 0 Å². The molecule has 2 fully saturated rings. The van der Waals surface area contributed by atoms with Gasteiger partial charge >= 0.3 is 5.97 Å². The summed E-state index contributed by atoms with van der Waals surface area (Å²) < 4.78 is 10.9. The Labute approximate surface area is 286 Å². The minimum Gasteiger partial charge on any atom is -0.494 e. The maximum atomic E-state index is 14.0. The molecule has 2 aliphatic heterocycles. The quantitative estimate of drug-likeness (QED) is 0.199. The lowest BCUT2D eigenvalue weighted by Gasteiger charge is -2.32. The second-order valence-electron chi connectivity index (χ2n) is 12.3. The number of nitrogens with zero attached hydrogens (tertiary/aromatic N) is 1. The Bertz CT molecular complexity index is 1580. The Balaban J connectivity index is 1.34. The molecule has 11 nitrogen and oxygen atoms in total. The monoisotopic (exact) mass is 668 g/mol. The number of carbonyl (C=O) groups excluding carboxylic acids is 5. The van der Waals surface area contributed by atoms with Crippen LogP contribution in [0.15, 0.2) is 84.9 Å². The summed E-state index contributed by atoms with van der Waals surface area (Å²) in [5, 5.41) is 8.69. The smallest absolute Gasteiger partial charge is 0.338 e. The van der Waals surface area contributed by atoms with Gasteiger partial charge in [0.1, 0.15) is 29.9 Å². The second kappa shape index (κ2) is 17.3. The number of amides is 4. The molecular formula is C38H44N4O7. The van der Waals surface area contributed by atoms with Crippen LogP contribution < -0.4 is 20.7 Å². The molecule has 49 heavy (non-hydrogen) atoms. The number of rotatable bonds is 12. The van der Waals surface area contributed by atoms with E-state index in [-0.39, 0.29) is 31.8 Å². The largest absolute Gasteiger partial charge is 0.494 e. The van der Waals surface area contributed by atoms with Crippen molar-refractivity contribution in [2.24, 2.45) is 0 Å². The lowest BCUT2D eigenvalue weighted by molar-refractivity contribution is -0.143. The normalized spacial score (nSPS) is 21.4. The van der Waals surface area contributed by atoms with Gasteiger partial charge in [-0.25, -0.2) is 4.79 Å². The van der Waals surface area contributed by atoms with Gasteiger partial charge in [-0.05, 0) is 74.4 Å². The van der Waals surface area contributed by atoms with Crippen LogP contribution in [0.3, 0.4) is 0 Å². The zero-order chi connectivity index (χ0) is 34.6. The summed E-state index contributed by atoms with van der Waals surface area (Å²) in [6, 6.07) is 21.6. The maximum Gasteiger partial charge on any atom is 0.338 e. The molecule has 3 N–H and O–H groups in total. The van der Waals surface area contributed by atoms with E-state index in [0.717, 1.165) is 11.1 Å². The van der Waals surface area contributed by atoms with Crippen molar-refractivity contribution in [2.45, 2.75) is 76.0 Å². The Morgan fingerprint density at radius 3 is 2.06 bits per heavy atom. The van der Waals surface area contributed by atoms with Gasteiger partial charge in [-0.3, -0.25) is 19.2 Å². The Hall–Kier alpha value is -5.19. The second-order valence-corrected chi connectivity index (χ2v) is 12.3. The van der Waals surface area contributed by atoms with Crippen LogP contribution in [0.2, 0.25) is 0 Å². The molecule has 0 aliphatic carbocycles. The number of hydrogen-bond acceptors (Lipinski definition) is 7. The van der Waals surface area contributed by atoms with Gasteiger partial charge in [0.05, 0.1) is 18.8 Å². The number of hydrogen-bond donors (Lipinski definition) is 3. The molecule has 2 aliphatic rings. The topological polar surface area (TPSA) is 143 Å². The highest BCUT2D eigenvalue weighted by atomic mass is 16.5. The van der Waals surface area contributed by atoms with Gasteiger partial charge in [-0.1, -0.05) is 60.7 Å². The zero-order valence-corrected chi connectivity index (χ0v) is 27.8. The molecule has 5 rings (SSSR count). The van der Waals surface area contributed by atoms with E-state index < -0.39 is 47.9 Å². The number of esters is 1. The number of nitrogens with one attached hydrogen (secondary N) is 3. The van der Waals surface area contributed by atoms with Crippen molar-refractivity contribution in [3.8, 4) is 5.75 Å². The first-order chi connectivity index (χ1) is 23.8. The highest BCUT2D eigenvalue weighted by Gasteiger charge is 2.40. The molecule has 258 valence electrons. The molecule has 2 saturated heterocycles. The summed E-state index contributed by atoms with van der Waals surface area (Å²) in [4.78, 5) is 69.4. The Morgan fingerprint density at radius 1 is 0.735 bits per heavy atom. The van der Waals surface area contributed by atoms with Gasteiger partial charge in [0.2, 0.25) is 23.6 Å². The summed E-state index contributed by atoms with van der Waals surface area (Å²) >= 11 is 0. The molecule has 0 aromatic heterocycles. The molecule has 0 spiro atoms. The van der Waals surface area contributed by atoms with Gasteiger partial charge in [0.25, 0.3) is 0 Å². The van der Waals surface area contributed by atoms with Gasteiger partial charge in [0, 0.05) is 19.4 Å². The van der Waals surface area contributed by atoms with Gasteiger partial charge in [0.15, 0.2) is 0 Å². The summed E-state index contributed by atoms with van der Waals surface area (Å²) in [5.41, 5.74) is 2.09. The minimum atomic E-state index is -1.03. The molecule has 11 heteroatoms. The van der Waals surface area contributed by atoms with Crippen LogP contribution in [-0.4, -0.2) is 78.4 Å². The Kier molecular flexibility index (Phi) is 12.4. The van der Waals surface area contributed by atoms with Gasteiger partial charge in [-0.15, -0.1) is 0 Å². The molecule has 4 atom stereocenters. The van der Waals surface area contributed by atoms with Crippen molar-refractivity contribution >= 4 is 29.6 Å². The first kappa shape index (κ1) is 35.1. The van der Waals surface area contributed by atoms with Crippen molar-refractivity contribution in [1.82, 2.24) is 20.9 Å². The minimum absolute atomic E-state index is 0.145. The number of benzene rings is 3.